The summed E-state index contributed by atoms with van der Waals surface area (Å²) in [6.45, 7) is 0. The third-order valence-corrected chi connectivity index (χ3v) is 4.93. The van der Waals surface area contributed by atoms with Crippen molar-refractivity contribution in [2.45, 2.75) is 0 Å². The first-order valence-corrected chi connectivity index (χ1v) is 8.30. The second-order valence-electron chi connectivity index (χ2n) is 4.93. The Morgan fingerprint density at radius 2 is 1.15 bits per heavy atom. The fourth-order valence-corrected chi connectivity index (χ4v) is 3.75. The molecule has 0 radical (unpaired) electrons. The van der Waals surface area contributed by atoms with E-state index in [-0.39, 0.29) is 0 Å². The van der Waals surface area contributed by atoms with Crippen molar-refractivity contribution in [2.75, 3.05) is 0 Å². The van der Waals surface area contributed by atoms with E-state index in [1.807, 2.05) is 0 Å². The fraction of sp³-hybridized carbons (Fsp3) is 0. The quantitative estimate of drug-likeness (QED) is 0.219. The van der Waals surface area contributed by atoms with E-state index in [1.165, 1.54) is 35.9 Å². The second-order valence-corrected chi connectivity index (χ2v) is 7.09. The van der Waals surface area contributed by atoms with Crippen LogP contribution in [0.15, 0.2) is 65.1 Å². The zero-order valence-electron chi connectivity index (χ0n) is 10.5. The van der Waals surface area contributed by atoms with Crippen LogP contribution in [0.2, 0.25) is 0 Å². The summed E-state index contributed by atoms with van der Waals surface area (Å²) in [6, 6.07) is 21.9. The molecule has 0 atom stereocenters. The summed E-state index contributed by atoms with van der Waals surface area (Å²) < 4.78 is 2.40. The molecule has 0 bridgehead atoms. The van der Waals surface area contributed by atoms with Crippen LogP contribution in [0.1, 0.15) is 0 Å². The van der Waals surface area contributed by atoms with Gasteiger partial charge in [0.05, 0.1) is 0 Å². The van der Waals surface area contributed by atoms with Crippen LogP contribution in [0.4, 0.5) is 0 Å². The highest BCUT2D eigenvalue weighted by atomic mass is 127. The topological polar surface area (TPSA) is 0 Å². The summed E-state index contributed by atoms with van der Waals surface area (Å²) in [5.41, 5.74) is 0. The molecule has 0 spiro atoms. The lowest BCUT2D eigenvalue weighted by Gasteiger charge is -2.11. The molecule has 0 aliphatic heterocycles. The van der Waals surface area contributed by atoms with Gasteiger partial charge in [-0.15, -0.1) is 0 Å². The molecule has 4 aromatic carbocycles. The SMILES string of the molecule is Brc1ccc2c3ccc(I)cc3c3ccccc3c2c1. The third-order valence-electron chi connectivity index (χ3n) is 3.76. The normalized spacial score (nSPS) is 11.5. The molecule has 2 heteroatoms. The van der Waals surface area contributed by atoms with Crippen LogP contribution in [0.5, 0.6) is 0 Å². The summed E-state index contributed by atoms with van der Waals surface area (Å²) in [4.78, 5) is 0. The summed E-state index contributed by atoms with van der Waals surface area (Å²) in [6.07, 6.45) is 0. The molecule has 4 rings (SSSR count). The second kappa shape index (κ2) is 4.71. The molecule has 96 valence electrons. The van der Waals surface area contributed by atoms with Crippen molar-refractivity contribution in [3.8, 4) is 0 Å². The fourth-order valence-electron chi connectivity index (χ4n) is 2.90. The molecule has 0 aliphatic rings. The van der Waals surface area contributed by atoms with E-state index >= 15 is 0 Å². The minimum Gasteiger partial charge on any atom is -0.0616 e. The van der Waals surface area contributed by atoms with Crippen LogP contribution in [0.25, 0.3) is 32.3 Å². The maximum atomic E-state index is 3.59. The van der Waals surface area contributed by atoms with Crippen molar-refractivity contribution in [1.29, 1.82) is 0 Å². The number of fused-ring (bicyclic) bond motifs is 6. The van der Waals surface area contributed by atoms with Crippen LogP contribution in [0, 0.1) is 3.57 Å². The zero-order valence-corrected chi connectivity index (χ0v) is 14.3. The maximum Gasteiger partial charge on any atom is 0.0181 e. The van der Waals surface area contributed by atoms with Crippen molar-refractivity contribution in [1.82, 2.24) is 0 Å². The van der Waals surface area contributed by atoms with E-state index in [4.69, 9.17) is 0 Å². The monoisotopic (exact) mass is 432 g/mol. The van der Waals surface area contributed by atoms with Gasteiger partial charge in [-0.3, -0.25) is 0 Å². The Kier molecular flexibility index (Phi) is 2.97. The van der Waals surface area contributed by atoms with Crippen molar-refractivity contribution < 1.29 is 0 Å². The van der Waals surface area contributed by atoms with E-state index in [2.05, 4.69) is 99.2 Å². The van der Waals surface area contributed by atoms with Gasteiger partial charge in [0, 0.05) is 8.04 Å². The van der Waals surface area contributed by atoms with Gasteiger partial charge < -0.3 is 0 Å². The average Bonchev–Trinajstić information content (AvgIpc) is 2.47. The van der Waals surface area contributed by atoms with Gasteiger partial charge in [-0.1, -0.05) is 52.3 Å². The molecule has 0 amide bonds. The average molecular weight is 433 g/mol. The predicted octanol–water partition coefficient (Wildman–Crippen LogP) is 6.51. The van der Waals surface area contributed by atoms with Crippen molar-refractivity contribution >= 4 is 70.8 Å². The van der Waals surface area contributed by atoms with E-state index in [0.29, 0.717) is 0 Å². The number of hydrogen-bond donors (Lipinski definition) is 0. The molecule has 0 aromatic heterocycles. The van der Waals surface area contributed by atoms with Gasteiger partial charge in [-0.05, 0) is 79.2 Å². The standard InChI is InChI=1S/C18H10BrI/c19-11-5-7-15-16-8-6-12(20)10-18(16)14-4-2-1-3-13(14)17(15)9-11/h1-10H. The molecule has 0 fully saturated rings. The summed E-state index contributed by atoms with van der Waals surface area (Å²) >= 11 is 5.97. The van der Waals surface area contributed by atoms with E-state index in [9.17, 15) is 0 Å². The van der Waals surface area contributed by atoms with Crippen LogP contribution < -0.4 is 0 Å². The Bertz CT molecular complexity index is 872. The Labute approximate surface area is 139 Å². The van der Waals surface area contributed by atoms with Crippen molar-refractivity contribution in [3.05, 3.63) is 68.7 Å². The lowest BCUT2D eigenvalue weighted by atomic mass is 9.94. The molecule has 20 heavy (non-hydrogen) atoms. The molecule has 0 saturated heterocycles. The highest BCUT2D eigenvalue weighted by Gasteiger charge is 2.08. The molecule has 0 nitrogen and oxygen atoms in total. The molecular formula is C18H10BrI. The van der Waals surface area contributed by atoms with Gasteiger partial charge in [0.1, 0.15) is 0 Å². The minimum absolute atomic E-state index is 1.13. The molecule has 0 saturated carbocycles. The van der Waals surface area contributed by atoms with Crippen LogP contribution in [0.3, 0.4) is 0 Å². The first-order valence-electron chi connectivity index (χ1n) is 6.43. The Hall–Kier alpha value is -1.13. The largest absolute Gasteiger partial charge is 0.0616 e. The lowest BCUT2D eigenvalue weighted by Crippen LogP contribution is -1.84. The van der Waals surface area contributed by atoms with Gasteiger partial charge in [0.2, 0.25) is 0 Å². The molecule has 4 aromatic rings. The Balaban J connectivity index is 2.40. The molecule has 0 unspecified atom stereocenters. The summed E-state index contributed by atoms with van der Waals surface area (Å²) in [5, 5.41) is 7.93. The highest BCUT2D eigenvalue weighted by molar-refractivity contribution is 14.1. The smallest absolute Gasteiger partial charge is 0.0181 e. The highest BCUT2D eigenvalue weighted by Crippen LogP contribution is 2.36. The van der Waals surface area contributed by atoms with E-state index in [0.717, 1.165) is 4.47 Å². The van der Waals surface area contributed by atoms with Crippen LogP contribution in [-0.4, -0.2) is 0 Å². The van der Waals surface area contributed by atoms with Crippen LogP contribution in [-0.2, 0) is 0 Å². The Morgan fingerprint density at radius 1 is 0.600 bits per heavy atom. The van der Waals surface area contributed by atoms with E-state index < -0.39 is 0 Å². The molecule has 0 N–H and O–H groups in total. The number of hydrogen-bond acceptors (Lipinski definition) is 0. The van der Waals surface area contributed by atoms with Gasteiger partial charge in [0.25, 0.3) is 0 Å². The number of benzene rings is 4. The van der Waals surface area contributed by atoms with Gasteiger partial charge in [-0.25, -0.2) is 0 Å². The van der Waals surface area contributed by atoms with E-state index in [1.54, 1.807) is 0 Å². The number of rotatable bonds is 0. The van der Waals surface area contributed by atoms with Crippen LogP contribution >= 0.6 is 38.5 Å². The lowest BCUT2D eigenvalue weighted by molar-refractivity contribution is 1.71. The molecular weight excluding hydrogens is 423 g/mol. The van der Waals surface area contributed by atoms with Gasteiger partial charge in [-0.2, -0.15) is 0 Å². The Morgan fingerprint density at radius 3 is 1.85 bits per heavy atom. The maximum absolute atomic E-state index is 3.59. The first kappa shape index (κ1) is 12.6. The van der Waals surface area contributed by atoms with Gasteiger partial charge in [0.15, 0.2) is 0 Å². The van der Waals surface area contributed by atoms with Crippen molar-refractivity contribution in [3.63, 3.8) is 0 Å². The zero-order chi connectivity index (χ0) is 13.7. The third kappa shape index (κ3) is 1.85. The van der Waals surface area contributed by atoms with Crippen molar-refractivity contribution in [2.24, 2.45) is 0 Å². The predicted molar refractivity (Wildman–Crippen MR) is 99.4 cm³/mol. The van der Waals surface area contributed by atoms with Gasteiger partial charge >= 0.3 is 0 Å². The number of halogens is 2. The minimum atomic E-state index is 1.13. The summed E-state index contributed by atoms with van der Waals surface area (Å²) in [7, 11) is 0. The molecule has 0 aliphatic carbocycles. The molecule has 0 heterocycles. The summed E-state index contributed by atoms with van der Waals surface area (Å²) in [5.74, 6) is 0. The first-order chi connectivity index (χ1) is 9.74.